The lowest BCUT2D eigenvalue weighted by Gasteiger charge is -1.73. The average molecular weight is 189 g/mol. The van der Waals surface area contributed by atoms with E-state index in [1.165, 1.54) is 0 Å². The van der Waals surface area contributed by atoms with Crippen molar-refractivity contribution in [3.8, 4) is 0 Å². The van der Waals surface area contributed by atoms with Crippen LogP contribution in [0.3, 0.4) is 0 Å². The minimum atomic E-state index is -3.83. The number of carbonyl (C=O) groups is 1. The van der Waals surface area contributed by atoms with Crippen LogP contribution in [0.4, 0.5) is 0 Å². The second kappa shape index (κ2) is 5.50. The van der Waals surface area contributed by atoms with E-state index in [0.717, 1.165) is 0 Å². The summed E-state index contributed by atoms with van der Waals surface area (Å²) in [6.45, 7) is -0.278. The molecule has 0 rings (SSSR count). The van der Waals surface area contributed by atoms with Gasteiger partial charge in [-0.15, -0.1) is 0 Å². The van der Waals surface area contributed by atoms with E-state index in [2.05, 4.69) is 16.9 Å². The van der Waals surface area contributed by atoms with Crippen molar-refractivity contribution in [1.82, 2.24) is 0 Å². The molecule has 0 heterocycles. The highest BCUT2D eigenvalue weighted by Gasteiger charge is 1.81. The molecule has 0 spiro atoms. The van der Waals surface area contributed by atoms with E-state index in [0.29, 0.717) is 0 Å². The SMILES string of the molecule is NCC(=O)O.O=S(O)(O)=S. The van der Waals surface area contributed by atoms with E-state index in [1.807, 2.05) is 0 Å². The fraction of sp³-hybridized carbons (Fsp3) is 0.500. The third-order valence-corrected chi connectivity index (χ3v) is 0.175. The van der Waals surface area contributed by atoms with Gasteiger partial charge < -0.3 is 10.8 Å². The van der Waals surface area contributed by atoms with Gasteiger partial charge in [0, 0.05) is 11.2 Å². The molecule has 0 aromatic carbocycles. The van der Waals surface area contributed by atoms with Crippen LogP contribution in [-0.2, 0) is 25.0 Å². The van der Waals surface area contributed by atoms with Gasteiger partial charge in [-0.3, -0.25) is 13.9 Å². The van der Waals surface area contributed by atoms with Crippen molar-refractivity contribution < 1.29 is 23.2 Å². The van der Waals surface area contributed by atoms with Crippen LogP contribution in [-0.4, -0.2) is 30.9 Å². The zero-order chi connectivity index (χ0) is 8.78. The molecular formula is C2H7NO5S2. The van der Waals surface area contributed by atoms with Crippen LogP contribution in [0.2, 0.25) is 0 Å². The molecule has 0 saturated carbocycles. The predicted molar refractivity (Wildman–Crippen MR) is 37.5 cm³/mol. The molecule has 0 radical (unpaired) electrons. The number of carboxylic acids is 1. The molecule has 0 atom stereocenters. The third kappa shape index (κ3) is 118. The van der Waals surface area contributed by atoms with Crippen LogP contribution in [0.5, 0.6) is 0 Å². The maximum atomic E-state index is 9.24. The summed E-state index contributed by atoms with van der Waals surface area (Å²) in [5.41, 5.74) is 4.57. The third-order valence-electron chi connectivity index (χ3n) is 0.175. The molecule has 8 heteroatoms. The molecule has 0 aliphatic carbocycles. The van der Waals surface area contributed by atoms with Gasteiger partial charge in [0.2, 0.25) is 0 Å². The van der Waals surface area contributed by atoms with Crippen molar-refractivity contribution in [2.75, 3.05) is 6.54 Å². The highest BCUT2D eigenvalue weighted by Crippen LogP contribution is 1.62. The van der Waals surface area contributed by atoms with E-state index >= 15 is 0 Å². The Morgan fingerprint density at radius 2 is 1.70 bits per heavy atom. The maximum Gasteiger partial charge on any atom is 0.317 e. The molecule has 0 unspecified atom stereocenters. The molecule has 0 aromatic heterocycles. The Balaban J connectivity index is 0. The molecule has 0 aliphatic heterocycles. The fourth-order valence-electron chi connectivity index (χ4n) is 0. The second-order valence-corrected chi connectivity index (χ2v) is 3.24. The monoisotopic (exact) mass is 189 g/mol. The van der Waals surface area contributed by atoms with Crippen molar-refractivity contribution in [2.45, 2.75) is 0 Å². The van der Waals surface area contributed by atoms with Crippen molar-refractivity contribution in [2.24, 2.45) is 5.73 Å². The van der Waals surface area contributed by atoms with Gasteiger partial charge in [0.05, 0.1) is 6.54 Å². The predicted octanol–water partition coefficient (Wildman–Crippen LogP) is -1.29. The molecule has 5 N–H and O–H groups in total. The largest absolute Gasteiger partial charge is 0.480 e. The number of aliphatic carboxylic acids is 1. The summed E-state index contributed by atoms with van der Waals surface area (Å²) in [4.78, 5) is 9.24. The van der Waals surface area contributed by atoms with Crippen LogP contribution in [0.1, 0.15) is 0 Å². The zero-order valence-electron chi connectivity index (χ0n) is 4.76. The molecular weight excluding hydrogens is 182 g/mol. The van der Waals surface area contributed by atoms with Crippen LogP contribution >= 0.6 is 0 Å². The van der Waals surface area contributed by atoms with Crippen molar-refractivity contribution in [1.29, 1.82) is 0 Å². The minimum absolute atomic E-state index is 0.278. The van der Waals surface area contributed by atoms with E-state index in [-0.39, 0.29) is 6.54 Å². The lowest BCUT2D eigenvalue weighted by Crippen LogP contribution is -2.10. The van der Waals surface area contributed by atoms with Gasteiger partial charge in [-0.2, -0.15) is 4.21 Å². The average Bonchev–Trinajstić information content (AvgIpc) is 1.61. The standard InChI is InChI=1S/C2H5NO2.H2O3S2/c3-1-2(4)5;1-5(2,3)4/h1,3H2,(H,4,5);(H2,1,2,3,4). The Morgan fingerprint density at radius 1 is 1.60 bits per heavy atom. The zero-order valence-corrected chi connectivity index (χ0v) is 6.39. The highest BCUT2D eigenvalue weighted by molar-refractivity contribution is 8.26. The first-order chi connectivity index (χ1) is 4.27. The molecule has 0 fully saturated rings. The summed E-state index contributed by atoms with van der Waals surface area (Å²) in [5.74, 6) is -0.968. The lowest BCUT2D eigenvalue weighted by atomic mass is 10.7. The van der Waals surface area contributed by atoms with Gasteiger partial charge in [0.15, 0.2) is 0 Å². The smallest absolute Gasteiger partial charge is 0.317 e. The van der Waals surface area contributed by atoms with E-state index in [9.17, 15) is 4.79 Å². The van der Waals surface area contributed by atoms with Crippen LogP contribution in [0.15, 0.2) is 0 Å². The number of hydrogen-bond acceptors (Lipinski definition) is 4. The second-order valence-electron chi connectivity index (χ2n) is 1.05. The molecule has 0 aromatic rings. The summed E-state index contributed by atoms with van der Waals surface area (Å²) in [6.07, 6.45) is 0. The highest BCUT2D eigenvalue weighted by atomic mass is 32.9. The summed E-state index contributed by atoms with van der Waals surface area (Å²) in [5, 5.41) is 7.60. The van der Waals surface area contributed by atoms with Crippen molar-refractivity contribution >= 4 is 26.2 Å². The maximum absolute atomic E-state index is 9.24. The first kappa shape index (κ1) is 12.4. The fourth-order valence-corrected chi connectivity index (χ4v) is 0. The number of nitrogens with two attached hydrogens (primary N) is 1. The van der Waals surface area contributed by atoms with E-state index in [4.69, 9.17) is 18.4 Å². The summed E-state index contributed by atoms with van der Waals surface area (Å²) < 4.78 is 24.0. The summed E-state index contributed by atoms with van der Waals surface area (Å²) in [6, 6.07) is 0. The Bertz CT molecular complexity index is 176. The van der Waals surface area contributed by atoms with Gasteiger partial charge in [-0.1, -0.05) is 0 Å². The Morgan fingerprint density at radius 3 is 1.70 bits per heavy atom. The van der Waals surface area contributed by atoms with E-state index < -0.39 is 15.0 Å². The quantitative estimate of drug-likeness (QED) is 0.405. The molecule has 10 heavy (non-hydrogen) atoms. The van der Waals surface area contributed by atoms with Gasteiger partial charge in [0.25, 0.3) is 9.05 Å². The minimum Gasteiger partial charge on any atom is -0.480 e. The normalized spacial score (nSPS) is 9.50. The Kier molecular flexibility index (Phi) is 6.82. The molecule has 0 amide bonds. The Hall–Kier alpha value is -0.280. The number of hydrogen-bond donors (Lipinski definition) is 4. The van der Waals surface area contributed by atoms with Crippen molar-refractivity contribution in [3.05, 3.63) is 0 Å². The molecule has 0 bridgehead atoms. The van der Waals surface area contributed by atoms with Crippen LogP contribution in [0.25, 0.3) is 0 Å². The van der Waals surface area contributed by atoms with E-state index in [1.54, 1.807) is 0 Å². The molecule has 0 saturated heterocycles. The van der Waals surface area contributed by atoms with Gasteiger partial charge in [0.1, 0.15) is 0 Å². The van der Waals surface area contributed by atoms with Crippen LogP contribution < -0.4 is 5.73 Å². The number of carboxylic acid groups (broad SMARTS) is 1. The van der Waals surface area contributed by atoms with Crippen LogP contribution in [0, 0.1) is 0 Å². The molecule has 0 aliphatic rings. The Labute approximate surface area is 62.4 Å². The van der Waals surface area contributed by atoms with Gasteiger partial charge >= 0.3 is 5.97 Å². The summed E-state index contributed by atoms with van der Waals surface area (Å²) >= 11 is 3.47. The van der Waals surface area contributed by atoms with Crippen molar-refractivity contribution in [3.63, 3.8) is 0 Å². The first-order valence-electron chi connectivity index (χ1n) is 1.89. The topological polar surface area (TPSA) is 121 Å². The number of rotatable bonds is 1. The summed E-state index contributed by atoms with van der Waals surface area (Å²) in [7, 11) is -3.83. The first-order valence-corrected chi connectivity index (χ1v) is 4.28. The lowest BCUT2D eigenvalue weighted by molar-refractivity contribution is -0.135. The molecule has 62 valence electrons. The van der Waals surface area contributed by atoms with Gasteiger partial charge in [-0.05, 0) is 0 Å². The molecule has 6 nitrogen and oxygen atoms in total. The van der Waals surface area contributed by atoms with Gasteiger partial charge in [-0.25, -0.2) is 0 Å².